The van der Waals surface area contributed by atoms with Gasteiger partial charge in [-0.05, 0) is 12.1 Å². The molecular formula is C9H13Cl2N3O. The number of hydrazine groups is 1. The highest BCUT2D eigenvalue weighted by Gasteiger charge is 2.08. The molecule has 4 nitrogen and oxygen atoms in total. The Labute approximate surface area is 98.7 Å². The van der Waals surface area contributed by atoms with Crippen molar-refractivity contribution in [1.82, 2.24) is 10.7 Å². The van der Waals surface area contributed by atoms with Crippen molar-refractivity contribution in [2.45, 2.75) is 6.54 Å². The van der Waals surface area contributed by atoms with Gasteiger partial charge < -0.3 is 4.74 Å². The minimum Gasteiger partial charge on any atom is -0.495 e. The molecule has 0 fully saturated rings. The molecule has 15 heavy (non-hydrogen) atoms. The summed E-state index contributed by atoms with van der Waals surface area (Å²) < 4.78 is 5.18. The van der Waals surface area contributed by atoms with Gasteiger partial charge in [-0.2, -0.15) is 0 Å². The Bertz CT molecular complexity index is 333. The largest absolute Gasteiger partial charge is 0.495 e. The summed E-state index contributed by atoms with van der Waals surface area (Å²) in [5.74, 6) is 5.76. The van der Waals surface area contributed by atoms with E-state index in [9.17, 15) is 0 Å². The summed E-state index contributed by atoms with van der Waals surface area (Å²) in [7, 11) is 1.57. The molecule has 0 aliphatic carbocycles. The summed E-state index contributed by atoms with van der Waals surface area (Å²) in [6, 6.07) is 3.45. The topological polar surface area (TPSA) is 59.3 Å². The van der Waals surface area contributed by atoms with Gasteiger partial charge >= 0.3 is 0 Å². The standard InChI is InChI=1S/C9H13Cl2N3O/c1-15-9-6(4-13-5-14-12)2-7(10)3-8(9)11/h2-3,13-14H,4-5,12H2,1H3. The SMILES string of the molecule is COc1c(Cl)cc(Cl)cc1CNCNN. The van der Waals surface area contributed by atoms with Gasteiger partial charge in [0.2, 0.25) is 0 Å². The lowest BCUT2D eigenvalue weighted by Crippen LogP contribution is -2.33. The predicted molar refractivity (Wildman–Crippen MR) is 62.0 cm³/mol. The van der Waals surface area contributed by atoms with Gasteiger partial charge in [0.1, 0.15) is 5.75 Å². The van der Waals surface area contributed by atoms with E-state index in [0.717, 1.165) is 5.56 Å². The normalized spacial score (nSPS) is 10.4. The van der Waals surface area contributed by atoms with Crippen LogP contribution in [0.25, 0.3) is 0 Å². The first kappa shape index (κ1) is 12.5. The Hall–Kier alpha value is -0.520. The molecule has 0 amide bonds. The van der Waals surface area contributed by atoms with E-state index in [0.29, 0.717) is 29.0 Å². The molecule has 0 heterocycles. The highest BCUT2D eigenvalue weighted by Crippen LogP contribution is 2.31. The van der Waals surface area contributed by atoms with Gasteiger partial charge in [0.15, 0.2) is 0 Å². The molecule has 0 aliphatic rings. The molecule has 0 unspecified atom stereocenters. The number of methoxy groups -OCH3 is 1. The average molecular weight is 250 g/mol. The molecule has 0 aromatic heterocycles. The zero-order chi connectivity index (χ0) is 11.3. The summed E-state index contributed by atoms with van der Waals surface area (Å²) >= 11 is 11.9. The van der Waals surface area contributed by atoms with Crippen LogP contribution < -0.4 is 21.3 Å². The van der Waals surface area contributed by atoms with E-state index >= 15 is 0 Å². The molecule has 1 rings (SSSR count). The maximum absolute atomic E-state index is 5.97. The van der Waals surface area contributed by atoms with Crippen molar-refractivity contribution >= 4 is 23.2 Å². The Kier molecular flexibility index (Phi) is 5.14. The average Bonchev–Trinajstić information content (AvgIpc) is 2.17. The summed E-state index contributed by atoms with van der Waals surface area (Å²) in [5, 5.41) is 4.13. The monoisotopic (exact) mass is 249 g/mol. The van der Waals surface area contributed by atoms with E-state index in [1.165, 1.54) is 0 Å². The third-order valence-corrected chi connectivity index (χ3v) is 2.33. The van der Waals surface area contributed by atoms with Gasteiger partial charge in [-0.1, -0.05) is 23.2 Å². The maximum Gasteiger partial charge on any atom is 0.142 e. The highest BCUT2D eigenvalue weighted by molar-refractivity contribution is 6.35. The molecule has 0 aliphatic heterocycles. The quantitative estimate of drug-likeness (QED) is 0.321. The molecule has 0 bridgehead atoms. The van der Waals surface area contributed by atoms with Crippen molar-refractivity contribution < 1.29 is 4.74 Å². The van der Waals surface area contributed by atoms with Crippen molar-refractivity contribution in [2.75, 3.05) is 13.8 Å². The van der Waals surface area contributed by atoms with E-state index in [-0.39, 0.29) is 0 Å². The van der Waals surface area contributed by atoms with Gasteiger partial charge in [0.05, 0.1) is 18.8 Å². The van der Waals surface area contributed by atoms with Gasteiger partial charge in [-0.25, -0.2) is 5.43 Å². The minimum absolute atomic E-state index is 0.493. The van der Waals surface area contributed by atoms with Gasteiger partial charge in [0, 0.05) is 17.1 Å². The second-order valence-corrected chi connectivity index (χ2v) is 3.73. The molecule has 1 aromatic rings. The van der Waals surface area contributed by atoms with Crippen molar-refractivity contribution in [2.24, 2.45) is 5.84 Å². The van der Waals surface area contributed by atoms with Crippen LogP contribution in [-0.4, -0.2) is 13.8 Å². The van der Waals surface area contributed by atoms with Gasteiger partial charge in [0.25, 0.3) is 0 Å². The van der Waals surface area contributed by atoms with E-state index in [1.807, 2.05) is 0 Å². The van der Waals surface area contributed by atoms with Crippen LogP contribution >= 0.6 is 23.2 Å². The number of hydrogen-bond donors (Lipinski definition) is 3. The highest BCUT2D eigenvalue weighted by atomic mass is 35.5. The van der Waals surface area contributed by atoms with Crippen LogP contribution in [-0.2, 0) is 6.54 Å². The summed E-state index contributed by atoms with van der Waals surface area (Å²) in [6.07, 6.45) is 0. The van der Waals surface area contributed by atoms with E-state index < -0.39 is 0 Å². The first-order valence-corrected chi connectivity index (χ1v) is 5.10. The second kappa shape index (κ2) is 6.15. The number of benzene rings is 1. The zero-order valence-electron chi connectivity index (χ0n) is 8.31. The molecule has 0 radical (unpaired) electrons. The third kappa shape index (κ3) is 3.52. The molecule has 0 saturated heterocycles. The Morgan fingerprint density at radius 1 is 1.40 bits per heavy atom. The van der Waals surface area contributed by atoms with E-state index in [1.54, 1.807) is 19.2 Å². The van der Waals surface area contributed by atoms with Crippen LogP contribution in [0.15, 0.2) is 12.1 Å². The Morgan fingerprint density at radius 2 is 2.13 bits per heavy atom. The minimum atomic E-state index is 0.493. The molecule has 0 atom stereocenters. The smallest absolute Gasteiger partial charge is 0.142 e. The van der Waals surface area contributed by atoms with E-state index in [4.69, 9.17) is 33.8 Å². The summed E-state index contributed by atoms with van der Waals surface area (Å²) in [6.45, 7) is 1.07. The molecule has 0 spiro atoms. The van der Waals surface area contributed by atoms with Crippen LogP contribution in [0, 0.1) is 0 Å². The lowest BCUT2D eigenvalue weighted by Gasteiger charge is -2.11. The zero-order valence-corrected chi connectivity index (χ0v) is 9.82. The number of hydrogen-bond acceptors (Lipinski definition) is 4. The number of ether oxygens (including phenoxy) is 1. The molecule has 6 heteroatoms. The van der Waals surface area contributed by atoms with Crippen LogP contribution in [0.1, 0.15) is 5.56 Å². The molecule has 84 valence electrons. The first-order chi connectivity index (χ1) is 7.19. The van der Waals surface area contributed by atoms with E-state index in [2.05, 4.69) is 10.7 Å². The van der Waals surface area contributed by atoms with Crippen LogP contribution in [0.2, 0.25) is 10.0 Å². The Morgan fingerprint density at radius 3 is 2.73 bits per heavy atom. The van der Waals surface area contributed by atoms with Gasteiger partial charge in [-0.15, -0.1) is 0 Å². The lowest BCUT2D eigenvalue weighted by molar-refractivity contribution is 0.407. The van der Waals surface area contributed by atoms with Crippen molar-refractivity contribution in [3.8, 4) is 5.75 Å². The lowest BCUT2D eigenvalue weighted by atomic mass is 10.2. The van der Waals surface area contributed by atoms with Crippen molar-refractivity contribution in [3.63, 3.8) is 0 Å². The fraction of sp³-hybridized carbons (Fsp3) is 0.333. The summed E-state index contributed by atoms with van der Waals surface area (Å²) in [4.78, 5) is 0. The maximum atomic E-state index is 5.97. The molecule has 1 aromatic carbocycles. The second-order valence-electron chi connectivity index (χ2n) is 2.89. The first-order valence-electron chi connectivity index (χ1n) is 4.35. The van der Waals surface area contributed by atoms with Crippen LogP contribution in [0.5, 0.6) is 5.75 Å². The van der Waals surface area contributed by atoms with Crippen LogP contribution in [0.4, 0.5) is 0 Å². The Balaban J connectivity index is 2.84. The predicted octanol–water partition coefficient (Wildman–Crippen LogP) is 1.51. The third-order valence-electron chi connectivity index (χ3n) is 1.83. The number of nitrogens with two attached hydrogens (primary N) is 1. The fourth-order valence-electron chi connectivity index (χ4n) is 1.24. The molecule has 0 saturated carbocycles. The summed E-state index contributed by atoms with van der Waals surface area (Å²) in [5.41, 5.74) is 3.38. The van der Waals surface area contributed by atoms with Crippen LogP contribution in [0.3, 0.4) is 0 Å². The molecule has 4 N–H and O–H groups in total. The fourth-order valence-corrected chi connectivity index (χ4v) is 1.86. The van der Waals surface area contributed by atoms with Gasteiger partial charge in [-0.3, -0.25) is 11.2 Å². The van der Waals surface area contributed by atoms with Crippen molar-refractivity contribution in [1.29, 1.82) is 0 Å². The number of halogens is 2. The van der Waals surface area contributed by atoms with Crippen molar-refractivity contribution in [3.05, 3.63) is 27.7 Å². The molecular weight excluding hydrogens is 237 g/mol. The number of rotatable bonds is 5. The number of nitrogens with one attached hydrogen (secondary N) is 2.